The van der Waals surface area contributed by atoms with E-state index in [-0.39, 0.29) is 0 Å². The first-order valence-corrected chi connectivity index (χ1v) is 7.80. The van der Waals surface area contributed by atoms with Gasteiger partial charge >= 0.3 is 0 Å². The van der Waals surface area contributed by atoms with Gasteiger partial charge < -0.3 is 15.4 Å². The first-order valence-electron chi connectivity index (χ1n) is 6.98. The van der Waals surface area contributed by atoms with E-state index < -0.39 is 0 Å². The van der Waals surface area contributed by atoms with Gasteiger partial charge in [-0.15, -0.1) is 11.3 Å². The number of rotatable bonds is 4. The highest BCUT2D eigenvalue weighted by molar-refractivity contribution is 7.15. The van der Waals surface area contributed by atoms with E-state index in [1.807, 2.05) is 0 Å². The summed E-state index contributed by atoms with van der Waals surface area (Å²) in [6, 6.07) is 0.727. The van der Waals surface area contributed by atoms with Crippen molar-refractivity contribution < 1.29 is 4.74 Å². The van der Waals surface area contributed by atoms with Gasteiger partial charge in [-0.05, 0) is 19.4 Å². The van der Waals surface area contributed by atoms with Crippen molar-refractivity contribution in [3.05, 3.63) is 10.6 Å². The van der Waals surface area contributed by atoms with Crippen LogP contribution in [0.4, 0.5) is 5.13 Å². The SMILES string of the molecule is COCc1nc(N2CCN3CCCC3C2)sc1CN. The van der Waals surface area contributed by atoms with Gasteiger partial charge in [0.1, 0.15) is 0 Å². The average Bonchev–Trinajstić information content (AvgIpc) is 3.04. The van der Waals surface area contributed by atoms with Crippen LogP contribution in [0.25, 0.3) is 0 Å². The van der Waals surface area contributed by atoms with Crippen LogP contribution in [0.2, 0.25) is 0 Å². The molecule has 3 heterocycles. The number of methoxy groups -OCH3 is 1. The largest absolute Gasteiger partial charge is 0.378 e. The lowest BCUT2D eigenvalue weighted by Gasteiger charge is -2.37. The van der Waals surface area contributed by atoms with Crippen LogP contribution in [0.1, 0.15) is 23.4 Å². The van der Waals surface area contributed by atoms with E-state index >= 15 is 0 Å². The van der Waals surface area contributed by atoms with Crippen LogP contribution in [0.15, 0.2) is 0 Å². The number of ether oxygens (including phenoxy) is 1. The number of piperazine rings is 1. The molecular weight excluding hydrogens is 260 g/mol. The van der Waals surface area contributed by atoms with Crippen LogP contribution in [-0.2, 0) is 17.9 Å². The minimum Gasteiger partial charge on any atom is -0.378 e. The molecule has 19 heavy (non-hydrogen) atoms. The van der Waals surface area contributed by atoms with Gasteiger partial charge in [-0.1, -0.05) is 0 Å². The van der Waals surface area contributed by atoms with Crippen LogP contribution in [0.3, 0.4) is 0 Å². The van der Waals surface area contributed by atoms with Gasteiger partial charge in [-0.2, -0.15) is 0 Å². The molecular formula is C13H22N4OS. The molecule has 1 atom stereocenters. The highest BCUT2D eigenvalue weighted by Crippen LogP contribution is 2.30. The van der Waals surface area contributed by atoms with Crippen LogP contribution >= 0.6 is 11.3 Å². The molecule has 2 fully saturated rings. The predicted octanol–water partition coefficient (Wildman–Crippen LogP) is 1.03. The number of nitrogens with zero attached hydrogens (tertiary/aromatic N) is 3. The molecule has 2 saturated heterocycles. The third-order valence-corrected chi connectivity index (χ3v) is 5.27. The normalized spacial score (nSPS) is 23.9. The van der Waals surface area contributed by atoms with Gasteiger partial charge in [0.15, 0.2) is 5.13 Å². The highest BCUT2D eigenvalue weighted by atomic mass is 32.1. The molecule has 2 N–H and O–H groups in total. The summed E-state index contributed by atoms with van der Waals surface area (Å²) < 4.78 is 5.20. The lowest BCUT2D eigenvalue weighted by molar-refractivity contribution is 0.181. The van der Waals surface area contributed by atoms with Gasteiger partial charge in [0.2, 0.25) is 0 Å². The molecule has 1 aromatic rings. The average molecular weight is 282 g/mol. The molecule has 0 radical (unpaired) electrons. The predicted molar refractivity (Wildman–Crippen MR) is 77.5 cm³/mol. The second-order valence-electron chi connectivity index (χ2n) is 5.28. The number of hydrogen-bond donors (Lipinski definition) is 1. The van der Waals surface area contributed by atoms with Gasteiger partial charge in [0.05, 0.1) is 12.3 Å². The van der Waals surface area contributed by atoms with Crippen molar-refractivity contribution in [1.82, 2.24) is 9.88 Å². The fraction of sp³-hybridized carbons (Fsp3) is 0.769. The molecule has 0 bridgehead atoms. The summed E-state index contributed by atoms with van der Waals surface area (Å²) >= 11 is 1.73. The van der Waals surface area contributed by atoms with E-state index in [2.05, 4.69) is 9.80 Å². The zero-order valence-electron chi connectivity index (χ0n) is 11.5. The second-order valence-corrected chi connectivity index (χ2v) is 6.34. The molecule has 5 nitrogen and oxygen atoms in total. The maximum Gasteiger partial charge on any atom is 0.186 e. The van der Waals surface area contributed by atoms with Gasteiger partial charge in [-0.25, -0.2) is 4.98 Å². The Morgan fingerprint density at radius 2 is 2.32 bits per heavy atom. The van der Waals surface area contributed by atoms with Crippen LogP contribution in [0, 0.1) is 0 Å². The molecule has 0 saturated carbocycles. The van der Waals surface area contributed by atoms with Crippen molar-refractivity contribution in [3.63, 3.8) is 0 Å². The number of hydrogen-bond acceptors (Lipinski definition) is 6. The maximum atomic E-state index is 5.80. The summed E-state index contributed by atoms with van der Waals surface area (Å²) in [4.78, 5) is 10.9. The molecule has 1 aromatic heterocycles. The molecule has 0 amide bonds. The van der Waals surface area contributed by atoms with E-state index in [0.29, 0.717) is 13.2 Å². The van der Waals surface area contributed by atoms with Gasteiger partial charge in [0.25, 0.3) is 0 Å². The molecule has 0 spiro atoms. The van der Waals surface area contributed by atoms with E-state index in [9.17, 15) is 0 Å². The summed E-state index contributed by atoms with van der Waals surface area (Å²) in [7, 11) is 1.70. The minimum absolute atomic E-state index is 0.555. The van der Waals surface area contributed by atoms with Gasteiger partial charge in [-0.3, -0.25) is 4.90 Å². The quantitative estimate of drug-likeness (QED) is 0.894. The smallest absolute Gasteiger partial charge is 0.186 e. The fourth-order valence-corrected chi connectivity index (χ4v) is 4.06. The third kappa shape index (κ3) is 2.63. The van der Waals surface area contributed by atoms with E-state index in [1.54, 1.807) is 18.4 Å². The molecule has 6 heteroatoms. The highest BCUT2D eigenvalue weighted by Gasteiger charge is 2.31. The summed E-state index contributed by atoms with van der Waals surface area (Å²) in [5.41, 5.74) is 6.81. The Morgan fingerprint density at radius 1 is 1.42 bits per heavy atom. The van der Waals surface area contributed by atoms with Crippen molar-refractivity contribution >= 4 is 16.5 Å². The fourth-order valence-electron chi connectivity index (χ4n) is 3.08. The summed E-state index contributed by atoms with van der Waals surface area (Å²) in [6.45, 7) is 5.76. The Morgan fingerprint density at radius 3 is 3.11 bits per heavy atom. The zero-order valence-corrected chi connectivity index (χ0v) is 12.3. The summed E-state index contributed by atoms with van der Waals surface area (Å²) in [6.07, 6.45) is 2.68. The van der Waals surface area contributed by atoms with Crippen LogP contribution in [-0.4, -0.2) is 49.2 Å². The Hall–Kier alpha value is -0.690. The molecule has 2 aliphatic heterocycles. The Bertz CT molecular complexity index is 436. The number of fused-ring (bicyclic) bond motifs is 1. The minimum atomic E-state index is 0.555. The standard InChI is InChI=1S/C13H22N4OS/c1-18-9-11-12(7-14)19-13(15-11)17-6-5-16-4-2-3-10(16)8-17/h10H,2-9,14H2,1H3. The second kappa shape index (κ2) is 5.75. The first kappa shape index (κ1) is 13.3. The number of nitrogens with two attached hydrogens (primary N) is 1. The first-order chi connectivity index (χ1) is 9.31. The van der Waals surface area contributed by atoms with Crippen molar-refractivity contribution in [1.29, 1.82) is 0 Å². The number of anilines is 1. The molecule has 0 aliphatic carbocycles. The van der Waals surface area contributed by atoms with E-state index in [0.717, 1.165) is 34.8 Å². The molecule has 2 aliphatic rings. The Kier molecular flexibility index (Phi) is 4.02. The van der Waals surface area contributed by atoms with Crippen molar-refractivity contribution in [2.45, 2.75) is 32.0 Å². The maximum absolute atomic E-state index is 5.80. The molecule has 106 valence electrons. The number of aromatic nitrogens is 1. The molecule has 3 rings (SSSR count). The van der Waals surface area contributed by atoms with Crippen LogP contribution < -0.4 is 10.6 Å². The lowest BCUT2D eigenvalue weighted by Crippen LogP contribution is -2.50. The summed E-state index contributed by atoms with van der Waals surface area (Å²) in [5, 5.41) is 1.12. The van der Waals surface area contributed by atoms with Gasteiger partial charge in [0, 0.05) is 44.2 Å². The van der Waals surface area contributed by atoms with Crippen LogP contribution in [0.5, 0.6) is 0 Å². The summed E-state index contributed by atoms with van der Waals surface area (Å²) in [5.74, 6) is 0. The molecule has 1 unspecified atom stereocenters. The van der Waals surface area contributed by atoms with E-state index in [1.165, 1.54) is 25.9 Å². The monoisotopic (exact) mass is 282 g/mol. The Balaban J connectivity index is 1.74. The Labute approximate surface area is 118 Å². The van der Waals surface area contributed by atoms with Crippen molar-refractivity contribution in [3.8, 4) is 0 Å². The topological polar surface area (TPSA) is 54.6 Å². The number of thiazole rings is 1. The van der Waals surface area contributed by atoms with E-state index in [4.69, 9.17) is 15.5 Å². The lowest BCUT2D eigenvalue weighted by atomic mass is 10.2. The molecule has 0 aromatic carbocycles. The third-order valence-electron chi connectivity index (χ3n) is 4.09. The van der Waals surface area contributed by atoms with Crippen molar-refractivity contribution in [2.75, 3.05) is 38.2 Å². The van der Waals surface area contributed by atoms with Crippen molar-refractivity contribution in [2.24, 2.45) is 5.73 Å². The zero-order chi connectivity index (χ0) is 13.2.